The van der Waals surface area contributed by atoms with E-state index in [1.165, 1.54) is 32.5 Å². The summed E-state index contributed by atoms with van der Waals surface area (Å²) in [5, 5.41) is 3.61. The van der Waals surface area contributed by atoms with E-state index in [0.29, 0.717) is 0 Å². The van der Waals surface area contributed by atoms with E-state index in [1.807, 2.05) is 0 Å². The number of likely N-dealkylation sites (N-methyl/N-ethyl adjacent to an activating group) is 1. The van der Waals surface area contributed by atoms with Gasteiger partial charge in [-0.25, -0.2) is 0 Å². The van der Waals surface area contributed by atoms with Gasteiger partial charge in [0.1, 0.15) is 0 Å². The minimum Gasteiger partial charge on any atom is -0.312 e. The number of rotatable bonds is 3. The van der Waals surface area contributed by atoms with Gasteiger partial charge in [0.05, 0.1) is 0 Å². The Kier molecular flexibility index (Phi) is 2.37. The highest BCUT2D eigenvalue weighted by Crippen LogP contribution is 2.34. The largest absolute Gasteiger partial charge is 0.312 e. The van der Waals surface area contributed by atoms with Gasteiger partial charge < -0.3 is 5.32 Å². The molecule has 2 heteroatoms. The van der Waals surface area contributed by atoms with Crippen LogP contribution in [-0.2, 0) is 0 Å². The zero-order valence-electron chi connectivity index (χ0n) is 8.21. The van der Waals surface area contributed by atoms with Crippen molar-refractivity contribution in [2.24, 2.45) is 5.92 Å². The molecule has 2 rings (SSSR count). The third-order valence-corrected chi connectivity index (χ3v) is 3.62. The van der Waals surface area contributed by atoms with Crippen molar-refractivity contribution in [1.82, 2.24) is 10.2 Å². The fourth-order valence-corrected chi connectivity index (χ4v) is 3.01. The first kappa shape index (κ1) is 8.52. The van der Waals surface area contributed by atoms with Crippen LogP contribution in [0.2, 0.25) is 0 Å². The van der Waals surface area contributed by atoms with Gasteiger partial charge in [0.25, 0.3) is 0 Å². The molecule has 12 heavy (non-hydrogen) atoms. The summed E-state index contributed by atoms with van der Waals surface area (Å²) in [5.74, 6) is 0.954. The zero-order chi connectivity index (χ0) is 8.55. The van der Waals surface area contributed by atoms with Crippen molar-refractivity contribution < 1.29 is 0 Å². The second kappa shape index (κ2) is 3.35. The van der Waals surface area contributed by atoms with Crippen LogP contribution in [0, 0.1) is 5.92 Å². The quantitative estimate of drug-likeness (QED) is 0.678. The van der Waals surface area contributed by atoms with Crippen molar-refractivity contribution in [2.45, 2.75) is 38.8 Å². The highest BCUT2D eigenvalue weighted by Gasteiger charge is 2.43. The monoisotopic (exact) mass is 168 g/mol. The molecule has 1 aliphatic carbocycles. The normalized spacial score (nSPS) is 39.8. The summed E-state index contributed by atoms with van der Waals surface area (Å²) >= 11 is 0. The number of hydrogen-bond acceptors (Lipinski definition) is 2. The van der Waals surface area contributed by atoms with E-state index >= 15 is 0 Å². The van der Waals surface area contributed by atoms with Crippen molar-refractivity contribution in [3.63, 3.8) is 0 Å². The first-order chi connectivity index (χ1) is 5.86. The molecule has 3 atom stereocenters. The predicted molar refractivity (Wildman–Crippen MR) is 51.2 cm³/mol. The van der Waals surface area contributed by atoms with E-state index in [9.17, 15) is 0 Å². The van der Waals surface area contributed by atoms with Crippen molar-refractivity contribution >= 4 is 0 Å². The molecular formula is C10H20N2. The summed E-state index contributed by atoms with van der Waals surface area (Å²) in [6.07, 6.45) is 2.87. The molecule has 0 aromatic heterocycles. The lowest BCUT2D eigenvalue weighted by molar-refractivity contribution is 0.192. The molecule has 2 nitrogen and oxygen atoms in total. The smallest absolute Gasteiger partial charge is 0.0289 e. The molecule has 0 aromatic rings. The van der Waals surface area contributed by atoms with Crippen molar-refractivity contribution in [1.29, 1.82) is 0 Å². The van der Waals surface area contributed by atoms with Gasteiger partial charge in [0.2, 0.25) is 0 Å². The molecule has 1 saturated carbocycles. The minimum atomic E-state index is 0.815. The van der Waals surface area contributed by atoms with Crippen molar-refractivity contribution in [2.75, 3.05) is 19.6 Å². The molecule has 1 aliphatic heterocycles. The molecule has 1 N–H and O–H groups in total. The average Bonchev–Trinajstić information content (AvgIpc) is 2.68. The Hall–Kier alpha value is -0.0800. The summed E-state index contributed by atoms with van der Waals surface area (Å²) < 4.78 is 0. The lowest BCUT2D eigenvalue weighted by atomic mass is 10.1. The first-order valence-corrected chi connectivity index (χ1v) is 5.34. The highest BCUT2D eigenvalue weighted by atomic mass is 15.2. The van der Waals surface area contributed by atoms with Gasteiger partial charge >= 0.3 is 0 Å². The molecule has 0 radical (unpaired) electrons. The molecule has 0 spiro atoms. The van der Waals surface area contributed by atoms with E-state index in [1.54, 1.807) is 0 Å². The average molecular weight is 168 g/mol. The maximum atomic E-state index is 3.61. The molecule has 0 unspecified atom stereocenters. The molecule has 0 aromatic carbocycles. The second-order valence-corrected chi connectivity index (χ2v) is 4.06. The number of nitrogens with one attached hydrogen (secondary N) is 1. The molecular weight excluding hydrogens is 148 g/mol. The lowest BCUT2D eigenvalue weighted by Gasteiger charge is -2.29. The predicted octanol–water partition coefficient (Wildman–Crippen LogP) is 1.08. The molecule has 1 heterocycles. The fraction of sp³-hybridized carbons (Fsp3) is 1.00. The number of piperidine rings is 1. The van der Waals surface area contributed by atoms with E-state index in [-0.39, 0.29) is 0 Å². The Morgan fingerprint density at radius 1 is 1.25 bits per heavy atom. The SMILES string of the molecule is CCN(CC)[C@@H]1[C@H]2CC[C@H]1NC2. The van der Waals surface area contributed by atoms with Crippen LogP contribution in [0.5, 0.6) is 0 Å². The third kappa shape index (κ3) is 1.17. The van der Waals surface area contributed by atoms with Crippen LogP contribution >= 0.6 is 0 Å². The minimum absolute atomic E-state index is 0.815. The van der Waals surface area contributed by atoms with Crippen LogP contribution in [0.25, 0.3) is 0 Å². The maximum Gasteiger partial charge on any atom is 0.0289 e. The van der Waals surface area contributed by atoms with Crippen molar-refractivity contribution in [3.8, 4) is 0 Å². The van der Waals surface area contributed by atoms with Gasteiger partial charge in [-0.2, -0.15) is 0 Å². The molecule has 2 fully saturated rings. The topological polar surface area (TPSA) is 15.3 Å². The van der Waals surface area contributed by atoms with Gasteiger partial charge in [0, 0.05) is 12.1 Å². The van der Waals surface area contributed by atoms with Gasteiger partial charge in [-0.1, -0.05) is 13.8 Å². The van der Waals surface area contributed by atoms with Gasteiger partial charge in [-0.05, 0) is 38.4 Å². The Balaban J connectivity index is 2.03. The van der Waals surface area contributed by atoms with Crippen LogP contribution < -0.4 is 5.32 Å². The number of fused-ring (bicyclic) bond motifs is 2. The summed E-state index contributed by atoms with van der Waals surface area (Å²) in [7, 11) is 0. The molecule has 1 saturated heterocycles. The summed E-state index contributed by atoms with van der Waals surface area (Å²) in [5.41, 5.74) is 0. The lowest BCUT2D eigenvalue weighted by Crippen LogP contribution is -2.42. The highest BCUT2D eigenvalue weighted by molar-refractivity contribution is 5.02. The standard InChI is InChI=1S/C10H20N2/c1-3-12(4-2)10-8-5-6-9(10)11-7-8/h8-11H,3-7H2,1-2H3/t8-,9+,10+/m0/s1. The van der Waals surface area contributed by atoms with Crippen molar-refractivity contribution in [3.05, 3.63) is 0 Å². The first-order valence-electron chi connectivity index (χ1n) is 5.34. The second-order valence-electron chi connectivity index (χ2n) is 4.06. The Bertz CT molecular complexity index is 134. The van der Waals surface area contributed by atoms with E-state index in [2.05, 4.69) is 24.1 Å². The fourth-order valence-electron chi connectivity index (χ4n) is 3.01. The van der Waals surface area contributed by atoms with Crippen LogP contribution in [0.1, 0.15) is 26.7 Å². The van der Waals surface area contributed by atoms with E-state index < -0.39 is 0 Å². The van der Waals surface area contributed by atoms with Crippen LogP contribution in [-0.4, -0.2) is 36.6 Å². The molecule has 2 aliphatic rings. The van der Waals surface area contributed by atoms with Gasteiger partial charge in [0.15, 0.2) is 0 Å². The molecule has 2 bridgehead atoms. The molecule has 70 valence electrons. The number of nitrogens with zero attached hydrogens (tertiary/aromatic N) is 1. The number of hydrogen-bond donors (Lipinski definition) is 1. The van der Waals surface area contributed by atoms with E-state index in [4.69, 9.17) is 0 Å². The van der Waals surface area contributed by atoms with Crippen LogP contribution in [0.4, 0.5) is 0 Å². The van der Waals surface area contributed by atoms with Crippen LogP contribution in [0.3, 0.4) is 0 Å². The molecule has 0 amide bonds. The summed E-state index contributed by atoms with van der Waals surface area (Å²) in [4.78, 5) is 2.63. The summed E-state index contributed by atoms with van der Waals surface area (Å²) in [6.45, 7) is 8.26. The van der Waals surface area contributed by atoms with Gasteiger partial charge in [-0.3, -0.25) is 4.90 Å². The van der Waals surface area contributed by atoms with Gasteiger partial charge in [-0.15, -0.1) is 0 Å². The summed E-state index contributed by atoms with van der Waals surface area (Å²) in [6, 6.07) is 1.68. The third-order valence-electron chi connectivity index (χ3n) is 3.62. The van der Waals surface area contributed by atoms with E-state index in [0.717, 1.165) is 18.0 Å². The Morgan fingerprint density at radius 2 is 2.00 bits per heavy atom. The van der Waals surface area contributed by atoms with Crippen LogP contribution in [0.15, 0.2) is 0 Å². The zero-order valence-corrected chi connectivity index (χ0v) is 8.21. The maximum absolute atomic E-state index is 3.61. The Labute approximate surface area is 75.3 Å². The Morgan fingerprint density at radius 3 is 2.33 bits per heavy atom.